The molecule has 106 valence electrons. The Kier molecular flexibility index (Phi) is 4.15. The molecular weight excluding hydrogens is 268 g/mol. The molecule has 1 aliphatic rings. The molecule has 3 rings (SSSR count). The van der Waals surface area contributed by atoms with E-state index >= 15 is 0 Å². The molecule has 0 amide bonds. The van der Waals surface area contributed by atoms with Gasteiger partial charge in [-0.1, -0.05) is 30.3 Å². The number of aromatic nitrogens is 1. The highest BCUT2D eigenvalue weighted by molar-refractivity contribution is 7.13. The van der Waals surface area contributed by atoms with Gasteiger partial charge < -0.3 is 9.64 Å². The molecule has 1 fully saturated rings. The van der Waals surface area contributed by atoms with Crippen LogP contribution in [-0.2, 0) is 11.3 Å². The second-order valence-corrected chi connectivity index (χ2v) is 6.46. The highest BCUT2D eigenvalue weighted by Crippen LogP contribution is 2.22. The van der Waals surface area contributed by atoms with Crippen molar-refractivity contribution >= 4 is 11.3 Å². The number of rotatable bonds is 3. The first kappa shape index (κ1) is 13.7. The van der Waals surface area contributed by atoms with Crippen LogP contribution in [0.1, 0.15) is 19.5 Å². The van der Waals surface area contributed by atoms with Crippen LogP contribution >= 0.6 is 11.3 Å². The molecule has 2 heterocycles. The van der Waals surface area contributed by atoms with Gasteiger partial charge in [-0.3, -0.25) is 0 Å². The highest BCUT2D eigenvalue weighted by Gasteiger charge is 2.26. The van der Waals surface area contributed by atoms with Crippen LogP contribution in [0.5, 0.6) is 0 Å². The molecule has 0 spiro atoms. The van der Waals surface area contributed by atoms with Crippen LogP contribution in [0.15, 0.2) is 35.7 Å². The van der Waals surface area contributed by atoms with Crippen LogP contribution in [0.4, 0.5) is 0 Å². The summed E-state index contributed by atoms with van der Waals surface area (Å²) in [5.41, 5.74) is 2.41. The van der Waals surface area contributed by atoms with Gasteiger partial charge in [-0.2, -0.15) is 0 Å². The maximum atomic E-state index is 5.79. The van der Waals surface area contributed by atoms with Crippen molar-refractivity contribution in [3.63, 3.8) is 0 Å². The first-order valence-electron chi connectivity index (χ1n) is 7.19. The Bertz CT molecular complexity index is 545. The first-order valence-corrected chi connectivity index (χ1v) is 8.07. The number of hydrogen-bond acceptors (Lipinski definition) is 3. The zero-order valence-electron chi connectivity index (χ0n) is 12.0. The third-order valence-electron chi connectivity index (χ3n) is 3.62. The van der Waals surface area contributed by atoms with Crippen molar-refractivity contribution in [1.29, 1.82) is 0 Å². The summed E-state index contributed by atoms with van der Waals surface area (Å²) >= 11 is 1.74. The minimum Gasteiger partial charge on any atom is -0.364 e. The number of thiazole rings is 1. The van der Waals surface area contributed by atoms with Crippen LogP contribution in [0.25, 0.3) is 10.6 Å². The summed E-state index contributed by atoms with van der Waals surface area (Å²) in [6.45, 7) is 7.46. The van der Waals surface area contributed by atoms with Gasteiger partial charge in [0.25, 0.3) is 0 Å². The molecule has 1 saturated heterocycles. The minimum absolute atomic E-state index is 0.348. The predicted molar refractivity (Wildman–Crippen MR) is 82.0 cm³/mol. The smallest absolute Gasteiger partial charge is 0.123 e. The van der Waals surface area contributed by atoms with Crippen molar-refractivity contribution in [1.82, 2.24) is 4.98 Å². The lowest BCUT2D eigenvalue weighted by Gasteiger charge is -2.31. The van der Waals surface area contributed by atoms with Crippen LogP contribution in [0, 0.1) is 0 Å². The molecule has 0 unspecified atom stereocenters. The lowest BCUT2D eigenvalue weighted by molar-refractivity contribution is -0.928. The molecular formula is C16H21N2OS+. The van der Waals surface area contributed by atoms with Crippen LogP contribution in [-0.4, -0.2) is 30.3 Å². The SMILES string of the molecule is C[C@@H]1C[NH+](Cc2csc(-c3ccccc3)n2)C[C@@H](C)O1. The van der Waals surface area contributed by atoms with E-state index < -0.39 is 0 Å². The summed E-state index contributed by atoms with van der Waals surface area (Å²) in [5.74, 6) is 0. The van der Waals surface area contributed by atoms with E-state index in [0.29, 0.717) is 12.2 Å². The third kappa shape index (κ3) is 3.26. The molecule has 2 atom stereocenters. The van der Waals surface area contributed by atoms with Gasteiger partial charge in [-0.25, -0.2) is 4.98 Å². The molecule has 1 N–H and O–H groups in total. The van der Waals surface area contributed by atoms with Crippen molar-refractivity contribution in [3.05, 3.63) is 41.4 Å². The third-order valence-corrected chi connectivity index (χ3v) is 4.56. The number of nitrogens with zero attached hydrogens (tertiary/aromatic N) is 1. The summed E-state index contributed by atoms with van der Waals surface area (Å²) in [5, 5.41) is 3.31. The van der Waals surface area contributed by atoms with Gasteiger partial charge in [0.2, 0.25) is 0 Å². The fourth-order valence-corrected chi connectivity index (χ4v) is 3.72. The van der Waals surface area contributed by atoms with Crippen molar-refractivity contribution in [3.8, 4) is 10.6 Å². The molecule has 4 heteroatoms. The summed E-state index contributed by atoms with van der Waals surface area (Å²) in [4.78, 5) is 6.35. The van der Waals surface area contributed by atoms with Gasteiger partial charge in [0, 0.05) is 10.9 Å². The molecule has 3 nitrogen and oxygen atoms in total. The summed E-state index contributed by atoms with van der Waals surface area (Å²) in [7, 11) is 0. The van der Waals surface area contributed by atoms with Gasteiger partial charge in [0.05, 0.1) is 0 Å². The van der Waals surface area contributed by atoms with E-state index in [1.165, 1.54) is 11.3 Å². The summed E-state index contributed by atoms with van der Waals surface area (Å²) in [6.07, 6.45) is 0.696. The lowest BCUT2D eigenvalue weighted by Crippen LogP contribution is -3.14. The van der Waals surface area contributed by atoms with E-state index in [4.69, 9.17) is 9.72 Å². The number of quaternary nitrogens is 1. The van der Waals surface area contributed by atoms with Crippen LogP contribution in [0.2, 0.25) is 0 Å². The second kappa shape index (κ2) is 6.04. The van der Waals surface area contributed by atoms with Crippen molar-refractivity contribution in [2.75, 3.05) is 13.1 Å². The monoisotopic (exact) mass is 289 g/mol. The maximum absolute atomic E-state index is 5.79. The van der Waals surface area contributed by atoms with Crippen LogP contribution in [0.3, 0.4) is 0 Å². The minimum atomic E-state index is 0.348. The first-order chi connectivity index (χ1) is 9.70. The molecule has 1 aromatic heterocycles. The zero-order valence-corrected chi connectivity index (χ0v) is 12.8. The molecule has 20 heavy (non-hydrogen) atoms. The van der Waals surface area contributed by atoms with E-state index in [2.05, 4.69) is 43.5 Å². The average Bonchev–Trinajstić information content (AvgIpc) is 2.87. The molecule has 1 aromatic carbocycles. The van der Waals surface area contributed by atoms with Gasteiger partial charge in [0.15, 0.2) is 0 Å². The van der Waals surface area contributed by atoms with Gasteiger partial charge in [-0.15, -0.1) is 11.3 Å². The Labute approximate surface area is 124 Å². The number of benzene rings is 1. The summed E-state index contributed by atoms with van der Waals surface area (Å²) in [6, 6.07) is 10.4. The Morgan fingerprint density at radius 2 is 1.90 bits per heavy atom. The topological polar surface area (TPSA) is 26.6 Å². The Morgan fingerprint density at radius 3 is 2.60 bits per heavy atom. The number of ether oxygens (including phenoxy) is 1. The molecule has 0 bridgehead atoms. The van der Waals surface area contributed by atoms with Gasteiger partial charge in [-0.05, 0) is 13.8 Å². The average molecular weight is 289 g/mol. The predicted octanol–water partition coefficient (Wildman–Crippen LogP) is 2.00. The quantitative estimate of drug-likeness (QED) is 0.935. The van der Waals surface area contributed by atoms with Crippen molar-refractivity contribution in [2.45, 2.75) is 32.6 Å². The zero-order chi connectivity index (χ0) is 13.9. The lowest BCUT2D eigenvalue weighted by atomic mass is 10.2. The van der Waals surface area contributed by atoms with E-state index in [9.17, 15) is 0 Å². The standard InChI is InChI=1S/C16H20N2OS/c1-12-8-18(9-13(2)19-12)10-15-11-20-16(17-15)14-6-4-3-5-7-14/h3-7,11-13H,8-10H2,1-2H3/p+1/t12-,13-/m1/s1. The molecule has 0 saturated carbocycles. The fraction of sp³-hybridized carbons (Fsp3) is 0.438. The van der Waals surface area contributed by atoms with E-state index in [1.54, 1.807) is 16.2 Å². The highest BCUT2D eigenvalue weighted by atomic mass is 32.1. The second-order valence-electron chi connectivity index (χ2n) is 5.60. The van der Waals surface area contributed by atoms with E-state index in [-0.39, 0.29) is 0 Å². The summed E-state index contributed by atoms with van der Waals surface area (Å²) < 4.78 is 5.79. The van der Waals surface area contributed by atoms with Crippen LogP contribution < -0.4 is 4.90 Å². The number of morpholine rings is 1. The number of hydrogen-bond donors (Lipinski definition) is 1. The normalized spacial score (nSPS) is 26.6. The Balaban J connectivity index is 1.68. The molecule has 2 aromatic rings. The van der Waals surface area contributed by atoms with Crippen molar-refractivity contribution < 1.29 is 9.64 Å². The fourth-order valence-electron chi connectivity index (χ4n) is 2.89. The maximum Gasteiger partial charge on any atom is 0.123 e. The Hall–Kier alpha value is -1.23. The van der Waals surface area contributed by atoms with E-state index in [1.807, 2.05) is 6.07 Å². The van der Waals surface area contributed by atoms with Gasteiger partial charge >= 0.3 is 0 Å². The number of nitrogens with one attached hydrogen (secondary N) is 1. The van der Waals surface area contributed by atoms with Gasteiger partial charge in [0.1, 0.15) is 42.5 Å². The molecule has 1 aliphatic heterocycles. The van der Waals surface area contributed by atoms with Crippen molar-refractivity contribution in [2.24, 2.45) is 0 Å². The molecule has 0 aliphatic carbocycles. The largest absolute Gasteiger partial charge is 0.364 e. The van der Waals surface area contributed by atoms with E-state index in [0.717, 1.165) is 24.6 Å². The molecule has 0 radical (unpaired) electrons. The Morgan fingerprint density at radius 1 is 1.20 bits per heavy atom.